The van der Waals surface area contributed by atoms with Crippen molar-refractivity contribution in [3.8, 4) is 5.75 Å². The van der Waals surface area contributed by atoms with Gasteiger partial charge in [-0.1, -0.05) is 25.1 Å². The molecule has 2 fully saturated rings. The molecular formula is C16H23N3O. The highest BCUT2D eigenvalue weighted by atomic mass is 16.5. The van der Waals surface area contributed by atoms with E-state index < -0.39 is 0 Å². The molecule has 2 aliphatic rings. The molecule has 0 aromatic heterocycles. The number of nitrogens with one attached hydrogen (secondary N) is 2. The Balaban J connectivity index is 1.69. The van der Waals surface area contributed by atoms with Crippen molar-refractivity contribution in [1.82, 2.24) is 10.6 Å². The number of methoxy groups -OCH3 is 1. The van der Waals surface area contributed by atoms with Gasteiger partial charge in [-0.3, -0.25) is 4.99 Å². The van der Waals surface area contributed by atoms with E-state index >= 15 is 0 Å². The summed E-state index contributed by atoms with van der Waals surface area (Å²) in [4.78, 5) is 4.31. The van der Waals surface area contributed by atoms with Gasteiger partial charge in [-0.15, -0.1) is 0 Å². The highest BCUT2D eigenvalue weighted by Gasteiger charge is 2.53. The van der Waals surface area contributed by atoms with E-state index in [1.54, 1.807) is 7.11 Å². The monoisotopic (exact) mass is 273 g/mol. The van der Waals surface area contributed by atoms with E-state index in [0.717, 1.165) is 18.1 Å². The van der Waals surface area contributed by atoms with Crippen LogP contribution < -0.4 is 15.4 Å². The molecule has 2 atom stereocenters. The second-order valence-electron chi connectivity index (χ2n) is 6.01. The molecule has 0 bridgehead atoms. The predicted molar refractivity (Wildman–Crippen MR) is 81.4 cm³/mol. The van der Waals surface area contributed by atoms with Crippen LogP contribution in [0.4, 0.5) is 0 Å². The zero-order chi connectivity index (χ0) is 14.2. The van der Waals surface area contributed by atoms with Crippen LogP contribution in [0.25, 0.3) is 0 Å². The second-order valence-corrected chi connectivity index (χ2v) is 6.01. The van der Waals surface area contributed by atoms with Crippen molar-refractivity contribution in [3.05, 3.63) is 29.8 Å². The first-order valence-electron chi connectivity index (χ1n) is 7.30. The van der Waals surface area contributed by atoms with Crippen LogP contribution in [0.2, 0.25) is 0 Å². The van der Waals surface area contributed by atoms with E-state index in [4.69, 9.17) is 4.74 Å². The third-order valence-electron chi connectivity index (χ3n) is 4.41. The van der Waals surface area contributed by atoms with Crippen LogP contribution in [0.1, 0.15) is 31.7 Å². The van der Waals surface area contributed by atoms with Gasteiger partial charge in [-0.25, -0.2) is 0 Å². The third kappa shape index (κ3) is 2.47. The van der Waals surface area contributed by atoms with Gasteiger partial charge >= 0.3 is 0 Å². The Labute approximate surface area is 120 Å². The van der Waals surface area contributed by atoms with Crippen LogP contribution in [0, 0.1) is 0 Å². The molecule has 0 aliphatic heterocycles. The first-order chi connectivity index (χ1) is 9.67. The first kappa shape index (κ1) is 13.3. The second kappa shape index (κ2) is 5.00. The van der Waals surface area contributed by atoms with Gasteiger partial charge in [0, 0.05) is 30.1 Å². The summed E-state index contributed by atoms with van der Waals surface area (Å²) < 4.78 is 5.49. The summed E-state index contributed by atoms with van der Waals surface area (Å²) in [6, 6.07) is 9.34. The topological polar surface area (TPSA) is 45.7 Å². The molecule has 2 aliphatic carbocycles. The molecule has 20 heavy (non-hydrogen) atoms. The van der Waals surface area contributed by atoms with Crippen molar-refractivity contribution in [3.63, 3.8) is 0 Å². The molecule has 3 rings (SSSR count). The fraction of sp³-hybridized carbons (Fsp3) is 0.562. The van der Waals surface area contributed by atoms with Gasteiger partial charge in [0.05, 0.1) is 7.11 Å². The lowest BCUT2D eigenvalue weighted by atomic mass is 9.96. The molecule has 4 nitrogen and oxygen atoms in total. The van der Waals surface area contributed by atoms with Crippen LogP contribution in [0.3, 0.4) is 0 Å². The fourth-order valence-corrected chi connectivity index (χ4v) is 2.75. The summed E-state index contributed by atoms with van der Waals surface area (Å²) in [6.45, 7) is 2.28. The molecule has 0 spiro atoms. The molecule has 2 unspecified atom stereocenters. The molecule has 108 valence electrons. The number of ether oxygens (including phenoxy) is 1. The number of rotatable bonds is 4. The SMILES string of the molecule is CN=C(NC1CC1)NC1CC1(C)c1ccccc1OC. The molecule has 0 radical (unpaired) electrons. The zero-order valence-corrected chi connectivity index (χ0v) is 12.4. The van der Waals surface area contributed by atoms with Gasteiger partial charge in [0.15, 0.2) is 5.96 Å². The molecule has 1 aromatic rings. The average Bonchev–Trinajstić information content (AvgIpc) is 3.38. The van der Waals surface area contributed by atoms with Gasteiger partial charge in [-0.2, -0.15) is 0 Å². The average molecular weight is 273 g/mol. The minimum Gasteiger partial charge on any atom is -0.496 e. The third-order valence-corrected chi connectivity index (χ3v) is 4.41. The largest absolute Gasteiger partial charge is 0.496 e. The van der Waals surface area contributed by atoms with Crippen molar-refractivity contribution < 1.29 is 4.74 Å². The summed E-state index contributed by atoms with van der Waals surface area (Å²) in [5.41, 5.74) is 1.41. The molecule has 0 heterocycles. The van der Waals surface area contributed by atoms with Gasteiger partial charge in [0.25, 0.3) is 0 Å². The summed E-state index contributed by atoms with van der Waals surface area (Å²) in [5, 5.41) is 6.97. The van der Waals surface area contributed by atoms with Crippen LogP contribution in [-0.2, 0) is 5.41 Å². The Hall–Kier alpha value is -1.71. The number of hydrogen-bond donors (Lipinski definition) is 2. The minimum absolute atomic E-state index is 0.133. The van der Waals surface area contributed by atoms with E-state index in [1.165, 1.54) is 18.4 Å². The molecule has 2 N–H and O–H groups in total. The van der Waals surface area contributed by atoms with Crippen molar-refractivity contribution in [2.24, 2.45) is 4.99 Å². The number of nitrogens with zero attached hydrogens (tertiary/aromatic N) is 1. The van der Waals surface area contributed by atoms with Gasteiger partial charge in [0.2, 0.25) is 0 Å². The van der Waals surface area contributed by atoms with Crippen LogP contribution in [0.15, 0.2) is 29.3 Å². The van der Waals surface area contributed by atoms with Crippen molar-refractivity contribution in [2.45, 2.75) is 43.7 Å². The molecule has 0 amide bonds. The smallest absolute Gasteiger partial charge is 0.191 e. The first-order valence-corrected chi connectivity index (χ1v) is 7.30. The standard InChI is InChI=1S/C16H23N3O/c1-16(12-6-4-5-7-13(12)20-3)10-14(16)19-15(17-2)18-11-8-9-11/h4-7,11,14H,8-10H2,1-3H3,(H2,17,18,19). The van der Waals surface area contributed by atoms with Crippen LogP contribution >= 0.6 is 0 Å². The Bertz CT molecular complexity index is 524. The van der Waals surface area contributed by atoms with Crippen molar-refractivity contribution in [2.75, 3.05) is 14.2 Å². The van der Waals surface area contributed by atoms with E-state index in [1.807, 2.05) is 19.2 Å². The summed E-state index contributed by atoms with van der Waals surface area (Å²) in [5.74, 6) is 1.90. The Morgan fingerprint density at radius 3 is 2.70 bits per heavy atom. The predicted octanol–water partition coefficient (Wildman–Crippen LogP) is 2.05. The van der Waals surface area contributed by atoms with Gasteiger partial charge < -0.3 is 15.4 Å². The fourth-order valence-electron chi connectivity index (χ4n) is 2.75. The molecule has 4 heteroatoms. The summed E-state index contributed by atoms with van der Waals surface area (Å²) >= 11 is 0. The highest BCUT2D eigenvalue weighted by molar-refractivity contribution is 5.81. The van der Waals surface area contributed by atoms with Crippen LogP contribution in [0.5, 0.6) is 5.75 Å². The lowest BCUT2D eigenvalue weighted by Crippen LogP contribution is -2.41. The summed E-state index contributed by atoms with van der Waals surface area (Å²) in [6.07, 6.45) is 3.63. The number of benzene rings is 1. The van der Waals surface area contributed by atoms with Gasteiger partial charge in [-0.05, 0) is 25.3 Å². The number of aliphatic imine (C=N–C) groups is 1. The number of hydrogen-bond acceptors (Lipinski definition) is 2. The lowest BCUT2D eigenvalue weighted by molar-refractivity contribution is 0.404. The van der Waals surface area contributed by atoms with E-state index in [-0.39, 0.29) is 5.41 Å². The minimum atomic E-state index is 0.133. The number of para-hydroxylation sites is 1. The quantitative estimate of drug-likeness (QED) is 0.652. The normalized spacial score (nSPS) is 28.9. The lowest BCUT2D eigenvalue weighted by Gasteiger charge is -2.18. The van der Waals surface area contributed by atoms with E-state index in [2.05, 4.69) is 34.7 Å². The van der Waals surface area contributed by atoms with E-state index in [9.17, 15) is 0 Å². The Kier molecular flexibility index (Phi) is 3.32. The Morgan fingerprint density at radius 1 is 1.30 bits per heavy atom. The zero-order valence-electron chi connectivity index (χ0n) is 12.4. The maximum Gasteiger partial charge on any atom is 0.191 e. The Morgan fingerprint density at radius 2 is 2.05 bits per heavy atom. The van der Waals surface area contributed by atoms with Crippen molar-refractivity contribution in [1.29, 1.82) is 0 Å². The van der Waals surface area contributed by atoms with E-state index in [0.29, 0.717) is 12.1 Å². The number of guanidine groups is 1. The van der Waals surface area contributed by atoms with Crippen molar-refractivity contribution >= 4 is 5.96 Å². The van der Waals surface area contributed by atoms with Crippen LogP contribution in [-0.4, -0.2) is 32.2 Å². The molecular weight excluding hydrogens is 250 g/mol. The summed E-state index contributed by atoms with van der Waals surface area (Å²) in [7, 11) is 3.57. The van der Waals surface area contributed by atoms with Gasteiger partial charge in [0.1, 0.15) is 5.75 Å². The molecule has 0 saturated heterocycles. The molecule has 1 aromatic carbocycles. The molecule has 2 saturated carbocycles. The maximum absolute atomic E-state index is 5.49. The maximum atomic E-state index is 5.49. The highest BCUT2D eigenvalue weighted by Crippen LogP contribution is 2.50.